The predicted octanol–water partition coefficient (Wildman–Crippen LogP) is 5.35. The molecule has 0 aliphatic carbocycles. The molecular weight excluding hydrogens is 401 g/mol. The summed E-state index contributed by atoms with van der Waals surface area (Å²) in [5.74, 6) is -0.0484. The van der Waals surface area contributed by atoms with Gasteiger partial charge in [-0.2, -0.15) is 0 Å². The molecule has 4 heteroatoms. The maximum Gasteiger partial charge on any atom is 0.306 e. The van der Waals surface area contributed by atoms with Crippen molar-refractivity contribution < 1.29 is 9.53 Å². The number of ether oxygens (including phenoxy) is 1. The molecule has 0 atom stereocenters. The van der Waals surface area contributed by atoms with E-state index in [1.807, 2.05) is 20.8 Å². The lowest BCUT2D eigenvalue weighted by molar-refractivity contribution is -0.154. The number of carbonyl (C=O) groups excluding carboxylic acids is 1. The van der Waals surface area contributed by atoms with Crippen molar-refractivity contribution in [1.29, 1.82) is 0 Å². The molecule has 0 aromatic carbocycles. The molecule has 0 amide bonds. The van der Waals surface area contributed by atoms with Crippen LogP contribution in [0.25, 0.3) is 0 Å². The van der Waals surface area contributed by atoms with E-state index < -0.39 is 0 Å². The second-order valence-electron chi connectivity index (χ2n) is 7.83. The number of alkyl halides is 1. The van der Waals surface area contributed by atoms with Gasteiger partial charge in [0.1, 0.15) is 5.60 Å². The minimum atomic E-state index is -0.344. The highest BCUT2D eigenvalue weighted by Crippen LogP contribution is 2.18. The molecule has 3 nitrogen and oxygen atoms in total. The lowest BCUT2D eigenvalue weighted by atomic mass is 10.1. The van der Waals surface area contributed by atoms with Gasteiger partial charge in [-0.3, -0.25) is 4.79 Å². The quantitative estimate of drug-likeness (QED) is 0.200. The average Bonchev–Trinajstić information content (AvgIpc) is 2.45. The molecule has 0 aromatic heterocycles. The molecule has 0 aromatic rings. The number of piperidine rings is 1. The van der Waals surface area contributed by atoms with Crippen molar-refractivity contribution in [2.24, 2.45) is 0 Å². The Labute approximate surface area is 157 Å². The summed E-state index contributed by atoms with van der Waals surface area (Å²) in [5.41, 5.74) is -0.344. The highest BCUT2D eigenvalue weighted by molar-refractivity contribution is 14.1. The van der Waals surface area contributed by atoms with Crippen LogP contribution in [-0.4, -0.2) is 40.0 Å². The highest BCUT2D eigenvalue weighted by Gasteiger charge is 2.16. The molecular formula is C19H36INO2. The number of rotatable bonds is 10. The predicted molar refractivity (Wildman–Crippen MR) is 106 cm³/mol. The van der Waals surface area contributed by atoms with E-state index in [1.54, 1.807) is 0 Å². The standard InChI is InChI=1S/C19H36INO2/c1-19(2,3)23-18(22)11-9-7-5-4-6-8-10-14-21-15-12-17(20)13-16-21/h17H,4-16H2,1-3H3. The third-order valence-corrected chi connectivity index (χ3v) is 5.54. The van der Waals surface area contributed by atoms with Crippen molar-refractivity contribution >= 4 is 28.6 Å². The van der Waals surface area contributed by atoms with Crippen molar-refractivity contribution in [3.05, 3.63) is 0 Å². The number of carbonyl (C=O) groups is 1. The van der Waals surface area contributed by atoms with Gasteiger partial charge in [0, 0.05) is 10.3 Å². The van der Waals surface area contributed by atoms with Crippen LogP contribution < -0.4 is 0 Å². The smallest absolute Gasteiger partial charge is 0.306 e. The fraction of sp³-hybridized carbons (Fsp3) is 0.947. The molecule has 136 valence electrons. The van der Waals surface area contributed by atoms with Gasteiger partial charge in [0.25, 0.3) is 0 Å². The molecule has 0 unspecified atom stereocenters. The maximum absolute atomic E-state index is 11.6. The SMILES string of the molecule is CC(C)(C)OC(=O)CCCCCCCCCN1CCC(I)CC1. The summed E-state index contributed by atoms with van der Waals surface area (Å²) in [6.45, 7) is 9.68. The largest absolute Gasteiger partial charge is 0.460 e. The van der Waals surface area contributed by atoms with Gasteiger partial charge >= 0.3 is 5.97 Å². The van der Waals surface area contributed by atoms with E-state index in [-0.39, 0.29) is 11.6 Å². The van der Waals surface area contributed by atoms with Gasteiger partial charge < -0.3 is 9.64 Å². The minimum Gasteiger partial charge on any atom is -0.460 e. The van der Waals surface area contributed by atoms with Crippen LogP contribution in [0.4, 0.5) is 0 Å². The zero-order valence-electron chi connectivity index (χ0n) is 15.4. The maximum atomic E-state index is 11.6. The molecule has 1 heterocycles. The third kappa shape index (κ3) is 12.2. The molecule has 1 fully saturated rings. The van der Waals surface area contributed by atoms with E-state index in [4.69, 9.17) is 4.74 Å². The summed E-state index contributed by atoms with van der Waals surface area (Å²) in [5, 5.41) is 0. The number of hydrogen-bond donors (Lipinski definition) is 0. The average molecular weight is 437 g/mol. The Hall–Kier alpha value is 0.160. The zero-order valence-corrected chi connectivity index (χ0v) is 17.6. The molecule has 0 N–H and O–H groups in total. The van der Waals surface area contributed by atoms with Gasteiger partial charge in [0.2, 0.25) is 0 Å². The summed E-state index contributed by atoms with van der Waals surface area (Å²) in [6.07, 6.45) is 12.1. The van der Waals surface area contributed by atoms with Crippen molar-refractivity contribution in [2.45, 2.75) is 94.5 Å². The van der Waals surface area contributed by atoms with Gasteiger partial charge in [-0.25, -0.2) is 0 Å². The van der Waals surface area contributed by atoms with Crippen LogP contribution in [0.3, 0.4) is 0 Å². The van der Waals surface area contributed by atoms with Crippen LogP contribution in [0.15, 0.2) is 0 Å². The first-order chi connectivity index (χ1) is 10.9. The number of unbranched alkanes of at least 4 members (excludes halogenated alkanes) is 6. The van der Waals surface area contributed by atoms with E-state index in [0.717, 1.165) is 16.8 Å². The molecule has 0 radical (unpaired) electrons. The Kier molecular flexibility index (Phi) is 10.8. The summed E-state index contributed by atoms with van der Waals surface area (Å²) >= 11 is 2.59. The van der Waals surface area contributed by atoms with E-state index in [0.29, 0.717) is 6.42 Å². The van der Waals surface area contributed by atoms with Crippen molar-refractivity contribution in [2.75, 3.05) is 19.6 Å². The Morgan fingerprint density at radius 1 is 1.00 bits per heavy atom. The second-order valence-corrected chi connectivity index (χ2v) is 9.59. The van der Waals surface area contributed by atoms with Gasteiger partial charge in [0.15, 0.2) is 0 Å². The summed E-state index contributed by atoms with van der Waals surface area (Å²) in [7, 11) is 0. The first-order valence-electron chi connectivity index (χ1n) is 9.45. The van der Waals surface area contributed by atoms with Gasteiger partial charge in [-0.05, 0) is 66.1 Å². The number of halogens is 1. The van der Waals surface area contributed by atoms with Gasteiger partial charge in [-0.15, -0.1) is 0 Å². The second kappa shape index (κ2) is 11.7. The number of nitrogens with zero attached hydrogens (tertiary/aromatic N) is 1. The normalized spacial score (nSPS) is 17.4. The third-order valence-electron chi connectivity index (χ3n) is 4.29. The molecule has 1 aliphatic rings. The Morgan fingerprint density at radius 3 is 2.09 bits per heavy atom. The lowest BCUT2D eigenvalue weighted by Crippen LogP contribution is -2.34. The van der Waals surface area contributed by atoms with Crippen LogP contribution in [0.2, 0.25) is 0 Å². The summed E-state index contributed by atoms with van der Waals surface area (Å²) in [6, 6.07) is 0. The van der Waals surface area contributed by atoms with E-state index in [2.05, 4.69) is 27.5 Å². The van der Waals surface area contributed by atoms with E-state index >= 15 is 0 Å². The Morgan fingerprint density at radius 2 is 1.52 bits per heavy atom. The monoisotopic (exact) mass is 437 g/mol. The topological polar surface area (TPSA) is 29.5 Å². The van der Waals surface area contributed by atoms with Crippen LogP contribution in [-0.2, 0) is 9.53 Å². The van der Waals surface area contributed by atoms with Crippen molar-refractivity contribution in [3.63, 3.8) is 0 Å². The highest BCUT2D eigenvalue weighted by atomic mass is 127. The molecule has 23 heavy (non-hydrogen) atoms. The van der Waals surface area contributed by atoms with Crippen LogP contribution in [0, 0.1) is 0 Å². The van der Waals surface area contributed by atoms with Gasteiger partial charge in [-0.1, -0.05) is 54.7 Å². The fourth-order valence-electron chi connectivity index (χ4n) is 3.01. The van der Waals surface area contributed by atoms with Gasteiger partial charge in [0.05, 0.1) is 0 Å². The van der Waals surface area contributed by atoms with E-state index in [9.17, 15) is 4.79 Å². The molecule has 1 aliphatic heterocycles. The van der Waals surface area contributed by atoms with Crippen LogP contribution in [0.5, 0.6) is 0 Å². The molecule has 1 rings (SSSR count). The number of esters is 1. The fourth-order valence-corrected chi connectivity index (χ4v) is 3.56. The van der Waals surface area contributed by atoms with Crippen LogP contribution in [0.1, 0.15) is 85.0 Å². The first kappa shape index (κ1) is 21.2. The molecule has 0 spiro atoms. The van der Waals surface area contributed by atoms with E-state index in [1.165, 1.54) is 64.6 Å². The first-order valence-corrected chi connectivity index (χ1v) is 10.7. The van der Waals surface area contributed by atoms with Crippen LogP contribution >= 0.6 is 22.6 Å². The molecule has 0 saturated carbocycles. The minimum absolute atomic E-state index is 0.0484. The number of likely N-dealkylation sites (tertiary alicyclic amines) is 1. The Balaban J connectivity index is 1.84. The summed E-state index contributed by atoms with van der Waals surface area (Å²) in [4.78, 5) is 14.2. The number of hydrogen-bond acceptors (Lipinski definition) is 3. The zero-order chi connectivity index (χ0) is 17.1. The molecule has 0 bridgehead atoms. The lowest BCUT2D eigenvalue weighted by Gasteiger charge is -2.29. The Bertz CT molecular complexity index is 320. The van der Waals surface area contributed by atoms with Crippen molar-refractivity contribution in [1.82, 2.24) is 4.90 Å². The van der Waals surface area contributed by atoms with Crippen molar-refractivity contribution in [3.8, 4) is 0 Å². The summed E-state index contributed by atoms with van der Waals surface area (Å²) < 4.78 is 6.22. The molecule has 1 saturated heterocycles.